The number of hydrogen-bond acceptors (Lipinski definition) is 4. The van der Waals surface area contributed by atoms with Crippen molar-refractivity contribution in [2.75, 3.05) is 0 Å². The zero-order chi connectivity index (χ0) is 14.6. The van der Waals surface area contributed by atoms with E-state index in [0.29, 0.717) is 5.56 Å². The highest BCUT2D eigenvalue weighted by atomic mass is 32.2. The van der Waals surface area contributed by atoms with E-state index in [-0.39, 0.29) is 10.6 Å². The fourth-order valence-electron chi connectivity index (χ4n) is 1.50. The van der Waals surface area contributed by atoms with Gasteiger partial charge in [-0.05, 0) is 12.1 Å². The highest BCUT2D eigenvalue weighted by Crippen LogP contribution is 2.14. The summed E-state index contributed by atoms with van der Waals surface area (Å²) in [5.41, 5.74) is 0.227. The van der Waals surface area contributed by atoms with Crippen molar-refractivity contribution in [3.8, 4) is 0 Å². The van der Waals surface area contributed by atoms with Gasteiger partial charge in [0.05, 0.1) is 9.82 Å². The minimum atomic E-state index is -3.79. The summed E-state index contributed by atoms with van der Waals surface area (Å²) in [6.07, 6.45) is 1.09. The van der Waals surface area contributed by atoms with Crippen molar-refractivity contribution in [2.45, 2.75) is 4.90 Å². The molecular formula is C13H10N2O4S. The summed E-state index contributed by atoms with van der Waals surface area (Å²) in [4.78, 5) is 10.1. The van der Waals surface area contributed by atoms with E-state index < -0.39 is 14.9 Å². The van der Waals surface area contributed by atoms with Gasteiger partial charge in [0.25, 0.3) is 15.7 Å². The van der Waals surface area contributed by atoms with E-state index in [1.165, 1.54) is 36.4 Å². The number of hydrogen-bond donors (Lipinski definition) is 0. The first-order valence-electron chi connectivity index (χ1n) is 5.59. The third-order valence-electron chi connectivity index (χ3n) is 2.46. The Balaban J connectivity index is 2.30. The zero-order valence-electron chi connectivity index (χ0n) is 10.2. The van der Waals surface area contributed by atoms with Crippen LogP contribution in [0.2, 0.25) is 0 Å². The normalized spacial score (nSPS) is 11.6. The Morgan fingerprint density at radius 1 is 1.05 bits per heavy atom. The average Bonchev–Trinajstić information content (AvgIpc) is 2.46. The van der Waals surface area contributed by atoms with Crippen LogP contribution in [-0.2, 0) is 10.0 Å². The van der Waals surface area contributed by atoms with Crippen LogP contribution in [0.15, 0.2) is 63.9 Å². The summed E-state index contributed by atoms with van der Waals surface area (Å²) < 4.78 is 27.3. The van der Waals surface area contributed by atoms with E-state index in [1.807, 2.05) is 0 Å². The molecule has 0 unspecified atom stereocenters. The van der Waals surface area contributed by atoms with Crippen LogP contribution in [-0.4, -0.2) is 19.6 Å². The molecule has 2 rings (SSSR count). The summed E-state index contributed by atoms with van der Waals surface area (Å²) in [6, 6.07) is 13.3. The van der Waals surface area contributed by atoms with Gasteiger partial charge in [-0.1, -0.05) is 30.3 Å². The van der Waals surface area contributed by atoms with Gasteiger partial charge >= 0.3 is 0 Å². The lowest BCUT2D eigenvalue weighted by molar-refractivity contribution is -0.384. The van der Waals surface area contributed by atoms with Gasteiger partial charge in [0.15, 0.2) is 0 Å². The Hall–Kier alpha value is -2.54. The lowest BCUT2D eigenvalue weighted by Gasteiger charge is -1.97. The van der Waals surface area contributed by atoms with Crippen molar-refractivity contribution < 1.29 is 13.3 Å². The summed E-state index contributed by atoms with van der Waals surface area (Å²) in [6.45, 7) is 0. The lowest BCUT2D eigenvalue weighted by atomic mass is 10.2. The van der Waals surface area contributed by atoms with E-state index in [2.05, 4.69) is 4.40 Å². The molecule has 0 aliphatic heterocycles. The molecule has 0 radical (unpaired) electrons. The number of benzene rings is 2. The number of non-ortho nitro benzene ring substituents is 1. The molecule has 0 amide bonds. The van der Waals surface area contributed by atoms with Crippen molar-refractivity contribution in [1.29, 1.82) is 0 Å². The molecular weight excluding hydrogens is 280 g/mol. The predicted molar refractivity (Wildman–Crippen MR) is 74.3 cm³/mol. The molecule has 0 atom stereocenters. The third kappa shape index (κ3) is 3.27. The van der Waals surface area contributed by atoms with Gasteiger partial charge in [-0.3, -0.25) is 10.1 Å². The van der Waals surface area contributed by atoms with Crippen LogP contribution in [0.25, 0.3) is 0 Å². The Kier molecular flexibility index (Phi) is 3.90. The maximum absolute atomic E-state index is 11.9. The minimum Gasteiger partial charge on any atom is -0.258 e. The lowest BCUT2D eigenvalue weighted by Crippen LogP contribution is -1.97. The van der Waals surface area contributed by atoms with E-state index >= 15 is 0 Å². The summed E-state index contributed by atoms with van der Waals surface area (Å²) in [7, 11) is -3.79. The van der Waals surface area contributed by atoms with Gasteiger partial charge in [0.1, 0.15) is 0 Å². The molecule has 6 nitrogen and oxygen atoms in total. The molecule has 0 saturated heterocycles. The maximum Gasteiger partial charge on any atom is 0.282 e. The molecule has 0 aromatic heterocycles. The topological polar surface area (TPSA) is 89.6 Å². The van der Waals surface area contributed by atoms with Crippen molar-refractivity contribution >= 4 is 21.9 Å². The van der Waals surface area contributed by atoms with Crippen molar-refractivity contribution in [3.63, 3.8) is 0 Å². The van der Waals surface area contributed by atoms with E-state index in [4.69, 9.17) is 0 Å². The number of nitrogens with zero attached hydrogens (tertiary/aromatic N) is 2. The van der Waals surface area contributed by atoms with Crippen LogP contribution in [0.1, 0.15) is 5.56 Å². The molecule has 0 aliphatic carbocycles. The zero-order valence-corrected chi connectivity index (χ0v) is 11.0. The highest BCUT2D eigenvalue weighted by molar-refractivity contribution is 7.90. The molecule has 0 heterocycles. The fourth-order valence-corrected chi connectivity index (χ4v) is 2.39. The van der Waals surface area contributed by atoms with E-state index in [9.17, 15) is 18.5 Å². The van der Waals surface area contributed by atoms with Crippen molar-refractivity contribution in [1.82, 2.24) is 0 Å². The van der Waals surface area contributed by atoms with Crippen LogP contribution in [0.4, 0.5) is 5.69 Å². The Morgan fingerprint density at radius 2 is 1.75 bits per heavy atom. The first kappa shape index (κ1) is 13.9. The Bertz CT molecular complexity index is 755. The molecule has 0 spiro atoms. The molecule has 0 bridgehead atoms. The second-order valence-corrected chi connectivity index (χ2v) is 5.51. The number of nitro benzene ring substituents is 1. The SMILES string of the molecule is O=[N+]([O-])c1cccc(/C=N\S(=O)(=O)c2ccccc2)c1. The molecule has 20 heavy (non-hydrogen) atoms. The van der Waals surface area contributed by atoms with E-state index in [1.54, 1.807) is 18.2 Å². The standard InChI is InChI=1S/C13H10N2O4S/c16-15(17)12-6-4-5-11(9-12)10-14-20(18,19)13-7-2-1-3-8-13/h1-10H/b14-10-. The molecule has 102 valence electrons. The third-order valence-corrected chi connectivity index (χ3v) is 3.71. The van der Waals surface area contributed by atoms with Gasteiger partial charge in [-0.15, -0.1) is 0 Å². The molecule has 0 N–H and O–H groups in total. The van der Waals surface area contributed by atoms with Gasteiger partial charge in [0.2, 0.25) is 0 Å². The Labute approximate surface area is 115 Å². The second kappa shape index (κ2) is 5.62. The molecule has 7 heteroatoms. The fraction of sp³-hybridized carbons (Fsp3) is 0. The molecule has 0 saturated carbocycles. The first-order valence-corrected chi connectivity index (χ1v) is 7.03. The van der Waals surface area contributed by atoms with Crippen LogP contribution in [0.3, 0.4) is 0 Å². The van der Waals surface area contributed by atoms with Crippen LogP contribution < -0.4 is 0 Å². The second-order valence-electron chi connectivity index (χ2n) is 3.87. The van der Waals surface area contributed by atoms with Gasteiger partial charge < -0.3 is 0 Å². The summed E-state index contributed by atoms with van der Waals surface area (Å²) >= 11 is 0. The number of sulfonamides is 1. The van der Waals surface area contributed by atoms with Crippen LogP contribution in [0.5, 0.6) is 0 Å². The molecule has 0 fully saturated rings. The summed E-state index contributed by atoms with van der Waals surface area (Å²) in [5, 5.41) is 10.6. The number of nitro groups is 1. The quantitative estimate of drug-likeness (QED) is 0.491. The van der Waals surface area contributed by atoms with Crippen molar-refractivity contribution in [3.05, 3.63) is 70.3 Å². The van der Waals surface area contributed by atoms with Gasteiger partial charge in [-0.2, -0.15) is 12.8 Å². The average molecular weight is 290 g/mol. The number of rotatable bonds is 4. The minimum absolute atomic E-state index is 0.0710. The largest absolute Gasteiger partial charge is 0.282 e. The maximum atomic E-state index is 11.9. The van der Waals surface area contributed by atoms with Crippen LogP contribution >= 0.6 is 0 Å². The summed E-state index contributed by atoms with van der Waals surface area (Å²) in [5.74, 6) is 0. The van der Waals surface area contributed by atoms with E-state index in [0.717, 1.165) is 6.21 Å². The first-order chi connectivity index (χ1) is 9.49. The van der Waals surface area contributed by atoms with Gasteiger partial charge in [0, 0.05) is 23.9 Å². The molecule has 0 aliphatic rings. The molecule has 2 aromatic rings. The smallest absolute Gasteiger partial charge is 0.258 e. The highest BCUT2D eigenvalue weighted by Gasteiger charge is 2.11. The monoisotopic (exact) mass is 290 g/mol. The van der Waals surface area contributed by atoms with Crippen LogP contribution in [0, 0.1) is 10.1 Å². The predicted octanol–water partition coefficient (Wildman–Crippen LogP) is 2.40. The van der Waals surface area contributed by atoms with Gasteiger partial charge in [-0.25, -0.2) is 0 Å². The van der Waals surface area contributed by atoms with Crippen molar-refractivity contribution in [2.24, 2.45) is 4.40 Å². The molecule has 2 aromatic carbocycles. The Morgan fingerprint density at radius 3 is 2.40 bits per heavy atom.